The van der Waals surface area contributed by atoms with E-state index in [4.69, 9.17) is 5.10 Å². The molecule has 0 bridgehead atoms. The topological polar surface area (TPSA) is 118 Å². The van der Waals surface area contributed by atoms with Crippen LogP contribution in [0, 0.1) is 5.92 Å². The van der Waals surface area contributed by atoms with Crippen LogP contribution in [0.2, 0.25) is 0 Å². The molecule has 0 spiro atoms. The number of carboxylic acids is 1. The van der Waals surface area contributed by atoms with Crippen LogP contribution in [0.15, 0.2) is 36.8 Å². The lowest BCUT2D eigenvalue weighted by Crippen LogP contribution is -2.40. The maximum Gasteiger partial charge on any atom is 0.338 e. The van der Waals surface area contributed by atoms with Gasteiger partial charge >= 0.3 is 5.97 Å². The van der Waals surface area contributed by atoms with Gasteiger partial charge in [-0.1, -0.05) is 0 Å². The van der Waals surface area contributed by atoms with Gasteiger partial charge in [0.1, 0.15) is 0 Å². The summed E-state index contributed by atoms with van der Waals surface area (Å²) in [5.74, 6) is 0.489. The average molecular weight is 716 g/mol. The lowest BCUT2D eigenvalue weighted by atomic mass is 9.85. The molecule has 3 aromatic heterocycles. The van der Waals surface area contributed by atoms with E-state index >= 15 is 0 Å². The molecule has 12 nitrogen and oxygen atoms in total. The molecule has 276 valence electrons. The summed E-state index contributed by atoms with van der Waals surface area (Å²) in [6.07, 6.45) is 10.7. The standard InChI is InChI=1S/C38H47F2N9O3/c1-24(50)46-17-12-34-32(23-46)37(47-13-3-4-26-18-30(33-11-14-44(2)42-33)31(36(39)40)19-35(26)47)43-49(34)29-9-15-45(16-10-29)21-25-5-7-28(8-6-25)48-22-27(20-41-48)38(51)52/h11,14,18-20,22,25,28-29,36H,3-10,12-13,15-17,21,23H2,1-2H3,(H,51,52). The van der Waals surface area contributed by atoms with Gasteiger partial charge in [0.05, 0.1) is 36.1 Å². The van der Waals surface area contributed by atoms with Gasteiger partial charge in [-0.3, -0.25) is 18.8 Å². The van der Waals surface area contributed by atoms with Crippen LogP contribution in [0.5, 0.6) is 0 Å². The minimum Gasteiger partial charge on any atom is -0.478 e. The molecule has 14 heteroatoms. The molecule has 8 rings (SSSR count). The molecular formula is C38H47F2N9O3. The van der Waals surface area contributed by atoms with E-state index < -0.39 is 12.4 Å². The van der Waals surface area contributed by atoms with Crippen LogP contribution >= 0.6 is 0 Å². The number of aryl methyl sites for hydroxylation is 2. The molecule has 1 N–H and O–H groups in total. The van der Waals surface area contributed by atoms with Crippen LogP contribution in [-0.2, 0) is 31.2 Å². The van der Waals surface area contributed by atoms with Gasteiger partial charge in [-0.2, -0.15) is 15.3 Å². The van der Waals surface area contributed by atoms with Crippen molar-refractivity contribution < 1.29 is 23.5 Å². The number of hydrogen-bond donors (Lipinski definition) is 1. The number of anilines is 2. The van der Waals surface area contributed by atoms with Crippen LogP contribution in [0.1, 0.15) is 103 Å². The molecule has 3 aliphatic heterocycles. The molecule has 1 saturated heterocycles. The third kappa shape index (κ3) is 6.61. The summed E-state index contributed by atoms with van der Waals surface area (Å²) in [5, 5.41) is 23.3. The lowest BCUT2D eigenvalue weighted by Gasteiger charge is -2.37. The highest BCUT2D eigenvalue weighted by molar-refractivity contribution is 5.86. The van der Waals surface area contributed by atoms with Crippen LogP contribution in [0.25, 0.3) is 11.3 Å². The van der Waals surface area contributed by atoms with Crippen molar-refractivity contribution in [2.24, 2.45) is 13.0 Å². The van der Waals surface area contributed by atoms with Crippen molar-refractivity contribution >= 4 is 23.4 Å². The molecule has 4 aromatic rings. The molecule has 1 aromatic carbocycles. The van der Waals surface area contributed by atoms with E-state index in [9.17, 15) is 23.5 Å². The largest absolute Gasteiger partial charge is 0.478 e. The Kier molecular flexibility index (Phi) is 9.35. The van der Waals surface area contributed by atoms with Gasteiger partial charge in [0.2, 0.25) is 5.91 Å². The van der Waals surface area contributed by atoms with E-state index in [0.29, 0.717) is 36.8 Å². The molecular weight excluding hydrogens is 668 g/mol. The van der Waals surface area contributed by atoms with E-state index in [-0.39, 0.29) is 29.1 Å². The van der Waals surface area contributed by atoms with Crippen LogP contribution in [0.3, 0.4) is 0 Å². The zero-order chi connectivity index (χ0) is 36.1. The zero-order valence-electron chi connectivity index (χ0n) is 29.9. The summed E-state index contributed by atoms with van der Waals surface area (Å²) < 4.78 is 35.0. The molecule has 4 aliphatic rings. The van der Waals surface area contributed by atoms with Crippen LogP contribution < -0.4 is 4.90 Å². The van der Waals surface area contributed by atoms with E-state index in [1.807, 2.05) is 15.6 Å². The third-order valence-electron chi connectivity index (χ3n) is 11.8. The number of fused-ring (bicyclic) bond motifs is 2. The lowest BCUT2D eigenvalue weighted by molar-refractivity contribution is -0.129. The number of aromatic nitrogens is 6. The summed E-state index contributed by atoms with van der Waals surface area (Å²) in [4.78, 5) is 30.4. The molecule has 1 amide bonds. The molecule has 2 fully saturated rings. The zero-order valence-corrected chi connectivity index (χ0v) is 29.9. The molecule has 0 unspecified atom stereocenters. The summed E-state index contributed by atoms with van der Waals surface area (Å²) >= 11 is 0. The Morgan fingerprint density at radius 1 is 0.981 bits per heavy atom. The normalized spacial score (nSPS) is 21.4. The van der Waals surface area contributed by atoms with E-state index in [0.717, 1.165) is 100 Å². The van der Waals surface area contributed by atoms with Crippen molar-refractivity contribution in [1.82, 2.24) is 39.1 Å². The van der Waals surface area contributed by atoms with Crippen molar-refractivity contribution in [1.29, 1.82) is 0 Å². The number of carboxylic acid groups (broad SMARTS) is 1. The number of carbonyl (C=O) groups is 2. The monoisotopic (exact) mass is 715 g/mol. The number of carbonyl (C=O) groups excluding carboxylic acids is 1. The van der Waals surface area contributed by atoms with Gasteiger partial charge in [-0.25, -0.2) is 13.6 Å². The van der Waals surface area contributed by atoms with E-state index in [1.165, 1.54) is 11.9 Å². The highest BCUT2D eigenvalue weighted by Gasteiger charge is 2.35. The summed E-state index contributed by atoms with van der Waals surface area (Å²) in [7, 11) is 1.79. The fraction of sp³-hybridized carbons (Fsp3) is 0.553. The van der Waals surface area contributed by atoms with Crippen molar-refractivity contribution in [3.05, 3.63) is 64.7 Å². The Balaban J connectivity index is 1.00. The van der Waals surface area contributed by atoms with E-state index in [2.05, 4.69) is 24.7 Å². The molecule has 0 atom stereocenters. The van der Waals surface area contributed by atoms with Crippen molar-refractivity contribution in [2.75, 3.05) is 37.6 Å². The second-order valence-electron chi connectivity index (χ2n) is 15.1. The summed E-state index contributed by atoms with van der Waals surface area (Å²) in [6.45, 7) is 6.41. The van der Waals surface area contributed by atoms with Crippen molar-refractivity contribution in [2.45, 2.75) is 89.8 Å². The van der Waals surface area contributed by atoms with Crippen LogP contribution in [-0.4, -0.2) is 88.8 Å². The Morgan fingerprint density at radius 2 is 1.77 bits per heavy atom. The van der Waals surface area contributed by atoms with Gasteiger partial charge in [-0.05, 0) is 81.0 Å². The highest BCUT2D eigenvalue weighted by atomic mass is 19.3. The number of halogens is 2. The highest BCUT2D eigenvalue weighted by Crippen LogP contribution is 2.44. The minimum atomic E-state index is -2.66. The number of amides is 1. The summed E-state index contributed by atoms with van der Waals surface area (Å²) in [5.41, 5.74) is 5.21. The Bertz CT molecular complexity index is 1950. The maximum absolute atomic E-state index is 14.6. The fourth-order valence-electron chi connectivity index (χ4n) is 9.00. The first-order chi connectivity index (χ1) is 25.1. The van der Waals surface area contributed by atoms with Gasteiger partial charge in [-0.15, -0.1) is 0 Å². The first-order valence-electron chi connectivity index (χ1n) is 18.7. The second-order valence-corrected chi connectivity index (χ2v) is 15.1. The number of aromatic carboxylic acids is 1. The smallest absolute Gasteiger partial charge is 0.338 e. The number of likely N-dealkylation sites (tertiary alicyclic amines) is 1. The molecule has 6 heterocycles. The average Bonchev–Trinajstić information content (AvgIpc) is 3.90. The molecule has 52 heavy (non-hydrogen) atoms. The number of hydrogen-bond acceptors (Lipinski definition) is 7. The Hall–Kier alpha value is -4.59. The number of alkyl halides is 2. The van der Waals surface area contributed by atoms with Gasteiger partial charge < -0.3 is 19.8 Å². The minimum absolute atomic E-state index is 0.0281. The van der Waals surface area contributed by atoms with Gasteiger partial charge in [0, 0.05) is 93.6 Å². The Labute approximate surface area is 302 Å². The molecule has 1 saturated carbocycles. The fourth-order valence-corrected chi connectivity index (χ4v) is 9.00. The predicted molar refractivity (Wildman–Crippen MR) is 191 cm³/mol. The van der Waals surface area contributed by atoms with Crippen LogP contribution in [0.4, 0.5) is 20.3 Å². The van der Waals surface area contributed by atoms with Crippen molar-refractivity contribution in [3.63, 3.8) is 0 Å². The number of benzene rings is 1. The second kappa shape index (κ2) is 14.1. The first kappa shape index (κ1) is 34.5. The molecule has 1 aliphatic carbocycles. The maximum atomic E-state index is 14.6. The first-order valence-corrected chi connectivity index (χ1v) is 18.7. The summed E-state index contributed by atoms with van der Waals surface area (Å²) in [6, 6.07) is 5.81. The Morgan fingerprint density at radius 3 is 2.44 bits per heavy atom. The number of rotatable bonds is 8. The van der Waals surface area contributed by atoms with Crippen molar-refractivity contribution in [3.8, 4) is 11.3 Å². The number of piperidine rings is 1. The van der Waals surface area contributed by atoms with Gasteiger partial charge in [0.25, 0.3) is 6.43 Å². The van der Waals surface area contributed by atoms with Gasteiger partial charge in [0.15, 0.2) is 5.82 Å². The predicted octanol–water partition coefficient (Wildman–Crippen LogP) is 6.17. The third-order valence-corrected chi connectivity index (χ3v) is 11.8. The molecule has 0 radical (unpaired) electrons. The SMILES string of the molecule is CC(=O)N1CCc2c(c(N3CCCc4cc(-c5ccn(C)n5)c(C(F)F)cc43)nn2C2CCN(CC3CCC(n4cc(C(=O)O)cn4)CC3)CC2)C1. The quantitative estimate of drug-likeness (QED) is 0.230. The number of nitrogens with zero attached hydrogens (tertiary/aromatic N) is 9. The van der Waals surface area contributed by atoms with E-state index in [1.54, 1.807) is 43.2 Å².